The third kappa shape index (κ3) is 40.4. The molecule has 16 N–H and O–H groups in total. The fourth-order valence-electron chi connectivity index (χ4n) is 8.74. The molecule has 1 rings (SSSR count). The molecule has 86 heavy (non-hydrogen) atoms. The highest BCUT2D eigenvalue weighted by atomic mass is 32.3. The second kappa shape index (κ2) is 45.2. The number of nitrogens with two attached hydrogens (primary N) is 2. The number of aliphatic imine (C=N–C) groups is 1. The van der Waals surface area contributed by atoms with Gasteiger partial charge in [0.05, 0.1) is 79.4 Å². The highest BCUT2D eigenvalue weighted by Crippen LogP contribution is 2.33. The summed E-state index contributed by atoms with van der Waals surface area (Å²) in [6.07, 6.45) is 27.7. The predicted octanol–water partition coefficient (Wildman–Crippen LogP) is 4.78. The van der Waals surface area contributed by atoms with E-state index in [9.17, 15) is 78.7 Å². The number of carbonyl (C=O) groups excluding carboxylic acids is 2. The number of hydrogen-bond acceptors (Lipinski definition) is 18. The van der Waals surface area contributed by atoms with Gasteiger partial charge in [-0.05, 0) is 77.2 Å². The Bertz CT molecular complexity index is 2440. The average molecular weight is 1230 g/mol. The van der Waals surface area contributed by atoms with Crippen LogP contribution in [0, 0.1) is 17.8 Å². The number of epoxide rings is 1. The molecule has 0 saturated carbocycles. The van der Waals surface area contributed by atoms with Gasteiger partial charge in [0.15, 0.2) is 11.7 Å². The number of aliphatic hydroxyl groups is 11. The minimum atomic E-state index is -4.96. The Labute approximate surface area is 509 Å². The number of unbranched alkanes of at least 4 members (excludes halogenated alkanes) is 1. The van der Waals surface area contributed by atoms with E-state index < -0.39 is 120 Å². The zero-order valence-corrected chi connectivity index (χ0v) is 51.3. The van der Waals surface area contributed by atoms with Gasteiger partial charge in [0.1, 0.15) is 11.9 Å². The monoisotopic (exact) mass is 1230 g/mol. The maximum atomic E-state index is 13.1. The molecule has 0 aromatic rings. The number of guanidine groups is 1. The minimum absolute atomic E-state index is 0.00299. The highest BCUT2D eigenvalue weighted by Gasteiger charge is 2.45. The Morgan fingerprint density at radius 2 is 1.13 bits per heavy atom. The van der Waals surface area contributed by atoms with Crippen LogP contribution in [0.25, 0.3) is 0 Å². The molecule has 486 valence electrons. The number of ketones is 2. The number of aliphatic hydroxyl groups excluding tert-OH is 11. The van der Waals surface area contributed by atoms with Crippen LogP contribution in [0.3, 0.4) is 0 Å². The largest absolute Gasteiger partial charge is 0.397 e. The van der Waals surface area contributed by atoms with Gasteiger partial charge in [0.2, 0.25) is 0 Å². The number of rotatable bonds is 47. The first-order valence-electron chi connectivity index (χ1n) is 29.5. The van der Waals surface area contributed by atoms with E-state index in [1.54, 1.807) is 98.9 Å². The van der Waals surface area contributed by atoms with E-state index in [1.807, 2.05) is 43.4 Å². The van der Waals surface area contributed by atoms with Gasteiger partial charge in [-0.1, -0.05) is 161 Å². The van der Waals surface area contributed by atoms with E-state index in [4.69, 9.17) is 20.4 Å². The van der Waals surface area contributed by atoms with Crippen LogP contribution in [0.1, 0.15) is 125 Å². The van der Waals surface area contributed by atoms with Crippen LogP contribution in [0.5, 0.6) is 0 Å². The van der Waals surface area contributed by atoms with E-state index in [0.717, 1.165) is 12.8 Å². The molecular formula is C64H101N3O18S. The number of carbonyl (C=O) groups is 2. The van der Waals surface area contributed by atoms with Crippen LogP contribution in [0.2, 0.25) is 0 Å². The molecule has 0 aliphatic carbocycles. The van der Waals surface area contributed by atoms with Crippen molar-refractivity contribution in [1.29, 1.82) is 0 Å². The van der Waals surface area contributed by atoms with E-state index in [0.29, 0.717) is 25.0 Å². The Kier molecular flexibility index (Phi) is 41.4. The van der Waals surface area contributed by atoms with Crippen molar-refractivity contribution >= 4 is 27.9 Å². The van der Waals surface area contributed by atoms with Crippen molar-refractivity contribution in [1.82, 2.24) is 0 Å². The standard InChI is InChI=1S/C64H101N3O18S/c1-44(48(5)68)27-20-16-12-11-13-17-21-28-45(2)62(80)47(4)57(77)34-22-18-14-9-7-6-8-10-15-19-23-35-60(85-86(81,82)83)46(3)58(78)41-54(74)38-50(70)30-25-31-51(71)39-55(75)42-59(79)63-61(84-63)43-56(76)40-52(72)32-24-29-49(69)37-53(73)33-26-36-67-64(65)66/h6-12,14-16,18-25,27-28,30,32,34,45-47,49-57,59-63,69-77,79-80H,13,17,26,29,31,33,35-43H2,1-5H3,(H4,65,66,67)(H,81,82,83)/b8-6+,9-7+,12-11+,15-10+,18-14+,20-16+,23-19+,28-21+,30-25+,32-24+,34-22+,44-27+. The number of allylic oxidation sites excluding steroid dienone is 17. The van der Waals surface area contributed by atoms with Crippen LogP contribution in [-0.4, -0.2) is 179 Å². The van der Waals surface area contributed by atoms with Gasteiger partial charge in [0, 0.05) is 56.4 Å². The molecule has 0 radical (unpaired) electrons. The molecule has 21 nitrogen and oxygen atoms in total. The van der Waals surface area contributed by atoms with Crippen LogP contribution in [-0.2, 0) is 28.9 Å². The molecule has 0 amide bonds. The minimum Gasteiger partial charge on any atom is -0.393 e. The van der Waals surface area contributed by atoms with Gasteiger partial charge in [-0.2, -0.15) is 8.42 Å². The first-order valence-corrected chi connectivity index (χ1v) is 30.8. The molecule has 1 aliphatic heterocycles. The highest BCUT2D eigenvalue weighted by molar-refractivity contribution is 7.80. The van der Waals surface area contributed by atoms with Crippen molar-refractivity contribution in [3.8, 4) is 0 Å². The van der Waals surface area contributed by atoms with Crippen LogP contribution >= 0.6 is 0 Å². The van der Waals surface area contributed by atoms with Gasteiger partial charge in [0.25, 0.3) is 0 Å². The summed E-state index contributed by atoms with van der Waals surface area (Å²) < 4.78 is 43.0. The molecule has 1 aliphatic rings. The Morgan fingerprint density at radius 3 is 1.71 bits per heavy atom. The Balaban J connectivity index is 2.46. The summed E-state index contributed by atoms with van der Waals surface area (Å²) in [5.41, 5.74) is 11.2. The molecule has 1 fully saturated rings. The third-order valence-corrected chi connectivity index (χ3v) is 14.5. The topological polar surface area (TPSA) is 397 Å². The fourth-order valence-corrected chi connectivity index (χ4v) is 9.29. The second-order valence-corrected chi connectivity index (χ2v) is 23.0. The molecule has 0 bridgehead atoms. The lowest BCUT2D eigenvalue weighted by Crippen LogP contribution is -2.32. The summed E-state index contributed by atoms with van der Waals surface area (Å²) in [5, 5.41) is 115. The molecule has 17 unspecified atom stereocenters. The number of Topliss-reactive ketones (excluding diaryl/α,β-unsaturated/α-hetero) is 2. The zero-order chi connectivity index (χ0) is 64.6. The summed E-state index contributed by atoms with van der Waals surface area (Å²) in [6.45, 7) is 8.75. The molecule has 0 aromatic carbocycles. The summed E-state index contributed by atoms with van der Waals surface area (Å²) in [6, 6.07) is 0. The van der Waals surface area contributed by atoms with Gasteiger partial charge < -0.3 is 72.4 Å². The molecular weight excluding hydrogens is 1130 g/mol. The van der Waals surface area contributed by atoms with Crippen molar-refractivity contribution in [2.75, 3.05) is 6.54 Å². The second-order valence-electron chi connectivity index (χ2n) is 22.0. The lowest BCUT2D eigenvalue weighted by atomic mass is 9.88. The quantitative estimate of drug-likeness (QED) is 0.00570. The van der Waals surface area contributed by atoms with Crippen molar-refractivity contribution < 1.29 is 87.7 Å². The van der Waals surface area contributed by atoms with Crippen molar-refractivity contribution in [2.24, 2.45) is 34.2 Å². The molecule has 0 aromatic heterocycles. The SMILES string of the molecule is CC(=O)/C(C)=C/C=C/C=C/CC/C=C/C(C)C(O)C(C)C(O)/C=C/C=C/C=C/C=C/C=C/C=C/CC(OS(=O)(=O)O)C(C)C(=O)CC(O)CC(O)/C=C/CC(O)CC(O)CC(O)C1OC1CC(O)CC(O)/C=C/CC(O)CC(O)CCCN=C(N)N. The molecule has 22 heteroatoms. The predicted molar refractivity (Wildman–Crippen MR) is 334 cm³/mol. The summed E-state index contributed by atoms with van der Waals surface area (Å²) in [5.74, 6) is -2.25. The molecule has 1 saturated heterocycles. The smallest absolute Gasteiger partial charge is 0.393 e. The summed E-state index contributed by atoms with van der Waals surface area (Å²) in [4.78, 5) is 28.2. The van der Waals surface area contributed by atoms with Gasteiger partial charge in [-0.3, -0.25) is 19.1 Å². The first kappa shape index (κ1) is 78.9. The zero-order valence-electron chi connectivity index (χ0n) is 50.5. The van der Waals surface area contributed by atoms with Gasteiger partial charge in [-0.15, -0.1) is 0 Å². The molecule has 0 spiro atoms. The van der Waals surface area contributed by atoms with Gasteiger partial charge >= 0.3 is 10.4 Å². The summed E-state index contributed by atoms with van der Waals surface area (Å²) in [7, 11) is -4.96. The van der Waals surface area contributed by atoms with Crippen molar-refractivity contribution in [2.45, 2.75) is 210 Å². The summed E-state index contributed by atoms with van der Waals surface area (Å²) >= 11 is 0. The number of ether oxygens (including phenoxy) is 1. The normalized spacial score (nSPS) is 21.2. The number of nitrogens with zero attached hydrogens (tertiary/aromatic N) is 1. The number of hydrogen-bond donors (Lipinski definition) is 14. The Hall–Kier alpha value is -5.12. The lowest BCUT2D eigenvalue weighted by Gasteiger charge is -2.25. The lowest BCUT2D eigenvalue weighted by molar-refractivity contribution is -0.127. The van der Waals surface area contributed by atoms with E-state index in [1.165, 1.54) is 32.1 Å². The van der Waals surface area contributed by atoms with Crippen LogP contribution in [0.15, 0.2) is 150 Å². The van der Waals surface area contributed by atoms with Crippen LogP contribution < -0.4 is 11.5 Å². The van der Waals surface area contributed by atoms with Crippen molar-refractivity contribution in [3.63, 3.8) is 0 Å². The third-order valence-electron chi connectivity index (χ3n) is 14.0. The van der Waals surface area contributed by atoms with E-state index >= 15 is 0 Å². The average Bonchev–Trinajstić information content (AvgIpc) is 2.39. The van der Waals surface area contributed by atoms with E-state index in [-0.39, 0.29) is 75.4 Å². The maximum Gasteiger partial charge on any atom is 0.397 e. The fraction of sp³-hybridized carbons (Fsp3) is 0.578. The van der Waals surface area contributed by atoms with Gasteiger partial charge in [-0.25, -0.2) is 4.18 Å². The van der Waals surface area contributed by atoms with Crippen LogP contribution in [0.4, 0.5) is 0 Å². The van der Waals surface area contributed by atoms with E-state index in [2.05, 4.69) is 4.99 Å². The maximum absolute atomic E-state index is 13.1. The van der Waals surface area contributed by atoms with Crippen molar-refractivity contribution in [3.05, 3.63) is 145 Å². The molecule has 1 heterocycles. The first-order chi connectivity index (χ1) is 40.6. The Morgan fingerprint density at radius 1 is 0.593 bits per heavy atom. The molecule has 17 atom stereocenters.